The van der Waals surface area contributed by atoms with Crippen LogP contribution in [0, 0.1) is 0 Å². The molecule has 0 radical (unpaired) electrons. The lowest BCUT2D eigenvalue weighted by molar-refractivity contribution is -0.144. The number of rotatable bonds is 6. The van der Waals surface area contributed by atoms with Gasteiger partial charge in [-0.05, 0) is 31.9 Å². The third kappa shape index (κ3) is 6.13. The molecule has 0 spiro atoms. The van der Waals surface area contributed by atoms with Crippen molar-refractivity contribution in [3.63, 3.8) is 0 Å². The quantitative estimate of drug-likeness (QED) is 0.462. The summed E-state index contributed by atoms with van der Waals surface area (Å²) in [5.74, 6) is -1.07. The van der Waals surface area contributed by atoms with Crippen LogP contribution in [0.25, 0.3) is 0 Å². The van der Waals surface area contributed by atoms with Gasteiger partial charge in [0.1, 0.15) is 4.32 Å². The van der Waals surface area contributed by atoms with Gasteiger partial charge in [-0.2, -0.15) is 0 Å². The highest BCUT2D eigenvalue weighted by Crippen LogP contribution is 2.17. The molecule has 1 fully saturated rings. The van der Waals surface area contributed by atoms with Crippen LogP contribution in [-0.2, 0) is 14.3 Å². The lowest BCUT2D eigenvalue weighted by Crippen LogP contribution is -2.26. The molecule has 6 nitrogen and oxygen atoms in total. The largest absolute Gasteiger partial charge is 0.455 e. The Kier molecular flexibility index (Phi) is 7.39. The molecule has 1 heterocycles. The van der Waals surface area contributed by atoms with E-state index in [1.807, 2.05) is 0 Å². The molecule has 0 unspecified atom stereocenters. The van der Waals surface area contributed by atoms with E-state index in [2.05, 4.69) is 10.2 Å². The summed E-state index contributed by atoms with van der Waals surface area (Å²) in [7, 11) is 0. The van der Waals surface area contributed by atoms with E-state index in [4.69, 9.17) is 17.0 Å². The molecular formula is C17H20N2O4S2. The molecule has 1 aliphatic rings. The van der Waals surface area contributed by atoms with Crippen molar-refractivity contribution in [3.8, 4) is 0 Å². The monoisotopic (exact) mass is 380 g/mol. The summed E-state index contributed by atoms with van der Waals surface area (Å²) in [6, 6.07) is 6.68. The van der Waals surface area contributed by atoms with E-state index in [1.165, 1.54) is 18.7 Å². The minimum absolute atomic E-state index is 0.0760. The van der Waals surface area contributed by atoms with Crippen molar-refractivity contribution < 1.29 is 19.1 Å². The molecule has 134 valence electrons. The number of thioether (sulfide) groups is 1. The standard InChI is InChI=1S/C17H20N2O4S2/c1-12(20)13-6-2-3-7-14(13)18-15(21)10-23-16(22)11-25-17(24)19-8-4-5-9-19/h2-3,6-7H,4-5,8-11H2,1H3,(H,18,21). The van der Waals surface area contributed by atoms with E-state index in [0.29, 0.717) is 15.6 Å². The van der Waals surface area contributed by atoms with Gasteiger partial charge >= 0.3 is 5.97 Å². The number of nitrogens with one attached hydrogen (secondary N) is 1. The molecule has 0 bridgehead atoms. The first-order valence-corrected chi connectivity index (χ1v) is 9.34. The van der Waals surface area contributed by atoms with Gasteiger partial charge in [0.05, 0.1) is 11.4 Å². The van der Waals surface area contributed by atoms with Gasteiger partial charge in [0.15, 0.2) is 12.4 Å². The normalized spacial score (nSPS) is 13.4. The molecule has 1 amide bonds. The number of ether oxygens (including phenoxy) is 1. The number of esters is 1. The second-order valence-corrected chi connectivity index (χ2v) is 7.17. The average Bonchev–Trinajstić information content (AvgIpc) is 3.13. The molecule has 0 atom stereocenters. The maximum atomic E-state index is 11.9. The number of benzene rings is 1. The maximum Gasteiger partial charge on any atom is 0.316 e. The van der Waals surface area contributed by atoms with E-state index in [1.54, 1.807) is 24.3 Å². The number of hydrogen-bond donors (Lipinski definition) is 1. The first kappa shape index (κ1) is 19.4. The van der Waals surface area contributed by atoms with Crippen molar-refractivity contribution in [3.05, 3.63) is 29.8 Å². The Hall–Kier alpha value is -1.93. The number of amides is 1. The third-order valence-corrected chi connectivity index (χ3v) is 5.12. The zero-order valence-electron chi connectivity index (χ0n) is 13.9. The maximum absolute atomic E-state index is 11.9. The number of carbonyl (C=O) groups excluding carboxylic acids is 3. The Labute approximate surface area is 156 Å². The van der Waals surface area contributed by atoms with Crippen LogP contribution in [0.15, 0.2) is 24.3 Å². The second-order valence-electron chi connectivity index (χ2n) is 5.56. The van der Waals surface area contributed by atoms with Gasteiger partial charge in [0, 0.05) is 18.7 Å². The van der Waals surface area contributed by atoms with Gasteiger partial charge in [-0.25, -0.2) is 0 Å². The number of para-hydroxylation sites is 1. The molecule has 25 heavy (non-hydrogen) atoms. The Morgan fingerprint density at radius 2 is 1.92 bits per heavy atom. The number of anilines is 1. The Morgan fingerprint density at radius 1 is 1.24 bits per heavy atom. The average molecular weight is 380 g/mol. The van der Waals surface area contributed by atoms with E-state index in [-0.39, 0.29) is 11.5 Å². The summed E-state index contributed by atoms with van der Waals surface area (Å²) >= 11 is 6.51. The third-order valence-electron chi connectivity index (χ3n) is 3.62. The molecule has 1 saturated heterocycles. The highest BCUT2D eigenvalue weighted by Gasteiger charge is 2.17. The minimum atomic E-state index is -0.499. The first-order chi connectivity index (χ1) is 12.0. The van der Waals surface area contributed by atoms with E-state index >= 15 is 0 Å². The fourth-order valence-corrected chi connectivity index (χ4v) is 3.43. The van der Waals surface area contributed by atoms with Crippen LogP contribution in [-0.4, -0.2) is 52.3 Å². The van der Waals surface area contributed by atoms with Crippen molar-refractivity contribution >= 4 is 51.6 Å². The number of carbonyl (C=O) groups is 3. The number of thiocarbonyl (C=S) groups is 1. The predicted octanol–water partition coefficient (Wildman–Crippen LogP) is 2.48. The number of hydrogen-bond acceptors (Lipinski definition) is 6. The van der Waals surface area contributed by atoms with Gasteiger partial charge in [-0.1, -0.05) is 36.1 Å². The molecule has 0 aromatic heterocycles. The highest BCUT2D eigenvalue weighted by atomic mass is 32.2. The van der Waals surface area contributed by atoms with Gasteiger partial charge in [0.2, 0.25) is 0 Å². The Balaban J connectivity index is 1.73. The number of ketones is 1. The van der Waals surface area contributed by atoms with Crippen LogP contribution >= 0.6 is 24.0 Å². The van der Waals surface area contributed by atoms with Crippen molar-refractivity contribution in [2.24, 2.45) is 0 Å². The molecule has 0 saturated carbocycles. The summed E-state index contributed by atoms with van der Waals surface area (Å²) in [4.78, 5) is 37.2. The molecule has 1 aromatic carbocycles. The zero-order valence-corrected chi connectivity index (χ0v) is 15.6. The lowest BCUT2D eigenvalue weighted by atomic mass is 10.1. The summed E-state index contributed by atoms with van der Waals surface area (Å²) in [6.07, 6.45) is 2.24. The molecule has 2 rings (SSSR count). The van der Waals surface area contributed by atoms with Crippen LogP contribution in [0.1, 0.15) is 30.1 Å². The fraction of sp³-hybridized carbons (Fsp3) is 0.412. The van der Waals surface area contributed by atoms with E-state index in [0.717, 1.165) is 25.9 Å². The van der Waals surface area contributed by atoms with Crippen LogP contribution in [0.5, 0.6) is 0 Å². The van der Waals surface area contributed by atoms with Crippen LogP contribution in [0.3, 0.4) is 0 Å². The number of Topliss-reactive ketones (excluding diaryl/α,β-unsaturated/α-hetero) is 1. The van der Waals surface area contributed by atoms with Gasteiger partial charge < -0.3 is 15.0 Å². The van der Waals surface area contributed by atoms with Gasteiger partial charge in [0.25, 0.3) is 5.91 Å². The molecular weight excluding hydrogens is 360 g/mol. The molecule has 1 aliphatic heterocycles. The van der Waals surface area contributed by atoms with Crippen molar-refractivity contribution in [2.75, 3.05) is 30.8 Å². The van der Waals surface area contributed by atoms with Gasteiger partial charge in [-0.3, -0.25) is 14.4 Å². The topological polar surface area (TPSA) is 75.7 Å². The van der Waals surface area contributed by atoms with Crippen LogP contribution < -0.4 is 5.32 Å². The van der Waals surface area contributed by atoms with E-state index in [9.17, 15) is 14.4 Å². The van der Waals surface area contributed by atoms with Crippen molar-refractivity contribution in [1.29, 1.82) is 0 Å². The number of nitrogens with zero attached hydrogens (tertiary/aromatic N) is 1. The number of likely N-dealkylation sites (tertiary alicyclic amines) is 1. The summed E-state index contributed by atoms with van der Waals surface area (Å²) < 4.78 is 5.64. The summed E-state index contributed by atoms with van der Waals surface area (Å²) in [5.41, 5.74) is 0.814. The minimum Gasteiger partial charge on any atom is -0.455 e. The zero-order chi connectivity index (χ0) is 18.2. The Morgan fingerprint density at radius 3 is 2.60 bits per heavy atom. The van der Waals surface area contributed by atoms with Crippen LogP contribution in [0.2, 0.25) is 0 Å². The Bertz CT molecular complexity index is 672. The molecule has 8 heteroatoms. The van der Waals surface area contributed by atoms with Gasteiger partial charge in [-0.15, -0.1) is 0 Å². The van der Waals surface area contributed by atoms with E-state index < -0.39 is 18.5 Å². The molecule has 0 aliphatic carbocycles. The predicted molar refractivity (Wildman–Crippen MR) is 102 cm³/mol. The summed E-state index contributed by atoms with van der Waals surface area (Å²) in [6.45, 7) is 2.88. The first-order valence-electron chi connectivity index (χ1n) is 7.94. The van der Waals surface area contributed by atoms with Crippen molar-refractivity contribution in [2.45, 2.75) is 19.8 Å². The SMILES string of the molecule is CC(=O)c1ccccc1NC(=O)COC(=O)CSC(=S)N1CCCC1. The van der Waals surface area contributed by atoms with Crippen molar-refractivity contribution in [1.82, 2.24) is 4.90 Å². The molecule has 1 aromatic rings. The van der Waals surface area contributed by atoms with Crippen LogP contribution in [0.4, 0.5) is 5.69 Å². The second kappa shape index (κ2) is 9.53. The summed E-state index contributed by atoms with van der Waals surface area (Å²) in [5, 5.41) is 2.58. The fourth-order valence-electron chi connectivity index (χ4n) is 2.38. The smallest absolute Gasteiger partial charge is 0.316 e. The highest BCUT2D eigenvalue weighted by molar-refractivity contribution is 8.23. The lowest BCUT2D eigenvalue weighted by Gasteiger charge is -2.17. The molecule has 1 N–H and O–H groups in total.